The van der Waals surface area contributed by atoms with E-state index in [1.54, 1.807) is 25.3 Å². The molecule has 1 aromatic carbocycles. The molecule has 6 heteroatoms. The van der Waals surface area contributed by atoms with Crippen LogP contribution in [0.25, 0.3) is 0 Å². The maximum atomic E-state index is 12.3. The zero-order chi connectivity index (χ0) is 18.9. The molecule has 0 spiro atoms. The molecule has 0 radical (unpaired) electrons. The maximum absolute atomic E-state index is 12.3. The number of nitrogens with one attached hydrogen (secondary N) is 2. The summed E-state index contributed by atoms with van der Waals surface area (Å²) in [7, 11) is 1.62. The molecule has 1 aromatic heterocycles. The summed E-state index contributed by atoms with van der Waals surface area (Å²) < 4.78 is 5.30. The molecule has 138 valence electrons. The number of hydrogen-bond acceptors (Lipinski definition) is 4. The Morgan fingerprint density at radius 2 is 1.65 bits per heavy atom. The van der Waals surface area contributed by atoms with E-state index in [4.69, 9.17) is 4.74 Å². The lowest BCUT2D eigenvalue weighted by molar-refractivity contribution is 0.0941. The molecule has 2 N–H and O–H groups in total. The highest BCUT2D eigenvalue weighted by molar-refractivity contribution is 5.96. The van der Waals surface area contributed by atoms with E-state index in [9.17, 15) is 9.59 Å². The molecule has 2 rings (SSSR count). The van der Waals surface area contributed by atoms with Crippen LogP contribution in [0, 0.1) is 5.92 Å². The quantitative estimate of drug-likeness (QED) is 0.762. The van der Waals surface area contributed by atoms with Gasteiger partial charge in [0, 0.05) is 13.1 Å². The van der Waals surface area contributed by atoms with E-state index in [-0.39, 0.29) is 23.2 Å². The molecule has 26 heavy (non-hydrogen) atoms. The average Bonchev–Trinajstić information content (AvgIpc) is 2.66. The zero-order valence-corrected chi connectivity index (χ0v) is 15.4. The van der Waals surface area contributed by atoms with E-state index in [0.717, 1.165) is 11.3 Å². The van der Waals surface area contributed by atoms with Gasteiger partial charge in [-0.15, -0.1) is 0 Å². The molecule has 1 heterocycles. The number of ether oxygens (including phenoxy) is 1. The number of benzene rings is 1. The molecule has 0 saturated carbocycles. The van der Waals surface area contributed by atoms with Crippen molar-refractivity contribution in [1.29, 1.82) is 0 Å². The lowest BCUT2D eigenvalue weighted by Crippen LogP contribution is -2.30. The smallest absolute Gasteiger partial charge is 0.269 e. The van der Waals surface area contributed by atoms with Crippen molar-refractivity contribution in [2.75, 3.05) is 20.2 Å². The molecule has 2 aromatic rings. The van der Waals surface area contributed by atoms with Gasteiger partial charge < -0.3 is 15.4 Å². The number of aromatic nitrogens is 1. The van der Waals surface area contributed by atoms with Gasteiger partial charge in [-0.25, -0.2) is 4.98 Å². The Bertz CT molecular complexity index is 759. The Balaban J connectivity index is 1.93. The lowest BCUT2D eigenvalue weighted by atomic mass is 10.1. The molecule has 0 unspecified atom stereocenters. The van der Waals surface area contributed by atoms with Crippen molar-refractivity contribution < 1.29 is 14.3 Å². The van der Waals surface area contributed by atoms with E-state index >= 15 is 0 Å². The van der Waals surface area contributed by atoms with Crippen LogP contribution in [0.1, 0.15) is 40.4 Å². The summed E-state index contributed by atoms with van der Waals surface area (Å²) >= 11 is 0. The topological polar surface area (TPSA) is 80.3 Å². The fourth-order valence-electron chi connectivity index (χ4n) is 2.39. The van der Waals surface area contributed by atoms with Crippen LogP contribution >= 0.6 is 0 Å². The predicted molar refractivity (Wildman–Crippen MR) is 100 cm³/mol. The SMILES string of the molecule is COc1ccccc1CCNC(=O)c1cccc(C(=O)NCC(C)C)n1. The third kappa shape index (κ3) is 5.58. The molecular formula is C20H25N3O3. The van der Waals surface area contributed by atoms with Crippen LogP contribution in [0.3, 0.4) is 0 Å². The number of carbonyl (C=O) groups excluding carboxylic acids is 2. The summed E-state index contributed by atoms with van der Waals surface area (Å²) in [5.74, 6) is 0.560. The van der Waals surface area contributed by atoms with E-state index in [2.05, 4.69) is 15.6 Å². The van der Waals surface area contributed by atoms with E-state index in [1.807, 2.05) is 38.1 Å². The Morgan fingerprint density at radius 3 is 2.31 bits per heavy atom. The van der Waals surface area contributed by atoms with Crippen molar-refractivity contribution in [1.82, 2.24) is 15.6 Å². The summed E-state index contributed by atoms with van der Waals surface area (Å²) in [6.45, 7) is 5.04. The van der Waals surface area contributed by atoms with Gasteiger partial charge in [-0.1, -0.05) is 38.1 Å². The molecule has 0 aliphatic carbocycles. The summed E-state index contributed by atoms with van der Waals surface area (Å²) in [6.07, 6.45) is 0.643. The average molecular weight is 355 g/mol. The molecule has 0 aliphatic heterocycles. The molecule has 0 fully saturated rings. The van der Waals surface area contributed by atoms with Crippen LogP contribution in [0.15, 0.2) is 42.5 Å². The first kappa shape index (κ1) is 19.4. The summed E-state index contributed by atoms with van der Waals surface area (Å²) in [5, 5.41) is 5.62. The van der Waals surface area contributed by atoms with Gasteiger partial charge in [-0.3, -0.25) is 9.59 Å². The lowest BCUT2D eigenvalue weighted by Gasteiger charge is -2.10. The van der Waals surface area contributed by atoms with Crippen molar-refractivity contribution in [3.05, 3.63) is 59.4 Å². The van der Waals surface area contributed by atoms with Gasteiger partial charge in [0.15, 0.2) is 0 Å². The molecule has 6 nitrogen and oxygen atoms in total. The second kappa shape index (κ2) is 9.56. The normalized spacial score (nSPS) is 10.5. The van der Waals surface area contributed by atoms with Crippen LogP contribution in [-0.2, 0) is 6.42 Å². The van der Waals surface area contributed by atoms with Crippen molar-refractivity contribution in [2.24, 2.45) is 5.92 Å². The van der Waals surface area contributed by atoms with Gasteiger partial charge in [0.1, 0.15) is 17.1 Å². The minimum atomic E-state index is -0.307. The Morgan fingerprint density at radius 1 is 1.00 bits per heavy atom. The summed E-state index contributed by atoms with van der Waals surface area (Å²) in [6, 6.07) is 12.5. The van der Waals surface area contributed by atoms with Gasteiger partial charge in [-0.05, 0) is 36.1 Å². The molecule has 0 bridgehead atoms. The molecular weight excluding hydrogens is 330 g/mol. The number of pyridine rings is 1. The number of amides is 2. The number of nitrogens with zero attached hydrogens (tertiary/aromatic N) is 1. The van der Waals surface area contributed by atoms with Crippen LogP contribution in [0.2, 0.25) is 0 Å². The third-order valence-electron chi connectivity index (χ3n) is 3.76. The highest BCUT2D eigenvalue weighted by atomic mass is 16.5. The van der Waals surface area contributed by atoms with Crippen molar-refractivity contribution in [3.8, 4) is 5.75 Å². The molecule has 0 aliphatic rings. The molecule has 0 atom stereocenters. The standard InChI is InChI=1S/C20H25N3O3/c1-14(2)13-22-20(25)17-9-6-8-16(23-17)19(24)21-12-11-15-7-4-5-10-18(15)26-3/h4-10,14H,11-13H2,1-3H3,(H,21,24)(H,22,25). The van der Waals surface area contributed by atoms with Crippen molar-refractivity contribution >= 4 is 11.8 Å². The fourth-order valence-corrected chi connectivity index (χ4v) is 2.39. The first-order valence-corrected chi connectivity index (χ1v) is 8.66. The maximum Gasteiger partial charge on any atom is 0.269 e. The number of hydrogen-bond donors (Lipinski definition) is 2. The summed E-state index contributed by atoms with van der Waals surface area (Å²) in [4.78, 5) is 28.5. The fraction of sp³-hybridized carbons (Fsp3) is 0.350. The Hall–Kier alpha value is -2.89. The number of carbonyl (C=O) groups is 2. The van der Waals surface area contributed by atoms with Crippen LogP contribution in [0.4, 0.5) is 0 Å². The second-order valence-electron chi connectivity index (χ2n) is 6.33. The number of para-hydroxylation sites is 1. The second-order valence-corrected chi connectivity index (χ2v) is 6.33. The van der Waals surface area contributed by atoms with Gasteiger partial charge in [0.05, 0.1) is 7.11 Å². The van der Waals surface area contributed by atoms with Gasteiger partial charge in [0.25, 0.3) is 11.8 Å². The summed E-state index contributed by atoms with van der Waals surface area (Å²) in [5.41, 5.74) is 1.48. The number of rotatable bonds is 8. The van der Waals surface area contributed by atoms with E-state index in [0.29, 0.717) is 25.4 Å². The van der Waals surface area contributed by atoms with Crippen molar-refractivity contribution in [3.63, 3.8) is 0 Å². The van der Waals surface area contributed by atoms with Crippen molar-refractivity contribution in [2.45, 2.75) is 20.3 Å². The Kier molecular flexibility index (Phi) is 7.14. The number of methoxy groups -OCH3 is 1. The first-order valence-electron chi connectivity index (χ1n) is 8.66. The minimum absolute atomic E-state index is 0.224. The highest BCUT2D eigenvalue weighted by Crippen LogP contribution is 2.17. The zero-order valence-electron chi connectivity index (χ0n) is 15.4. The van der Waals surface area contributed by atoms with Crippen LogP contribution in [0.5, 0.6) is 5.75 Å². The largest absolute Gasteiger partial charge is 0.496 e. The van der Waals surface area contributed by atoms with Crippen LogP contribution in [-0.4, -0.2) is 37.0 Å². The van der Waals surface area contributed by atoms with E-state index < -0.39 is 0 Å². The van der Waals surface area contributed by atoms with Gasteiger partial charge >= 0.3 is 0 Å². The molecule has 2 amide bonds. The highest BCUT2D eigenvalue weighted by Gasteiger charge is 2.12. The van der Waals surface area contributed by atoms with Gasteiger partial charge in [0.2, 0.25) is 0 Å². The molecule has 0 saturated heterocycles. The van der Waals surface area contributed by atoms with Crippen LogP contribution < -0.4 is 15.4 Å². The van der Waals surface area contributed by atoms with Gasteiger partial charge in [-0.2, -0.15) is 0 Å². The van der Waals surface area contributed by atoms with E-state index in [1.165, 1.54) is 0 Å². The predicted octanol–water partition coefficient (Wildman–Crippen LogP) is 2.45. The monoisotopic (exact) mass is 355 g/mol. The first-order chi connectivity index (χ1) is 12.5. The minimum Gasteiger partial charge on any atom is -0.496 e. The Labute approximate surface area is 154 Å². The third-order valence-corrected chi connectivity index (χ3v) is 3.76.